The number of nitrogens with one attached hydrogen (secondary N) is 1. The van der Waals surface area contributed by atoms with Crippen LogP contribution in [-0.2, 0) is 11.3 Å². The summed E-state index contributed by atoms with van der Waals surface area (Å²) in [7, 11) is 0. The third-order valence-corrected chi connectivity index (χ3v) is 3.72. The predicted molar refractivity (Wildman–Crippen MR) is 92.9 cm³/mol. The highest BCUT2D eigenvalue weighted by Gasteiger charge is 2.15. The molecule has 0 spiro atoms. The average Bonchev–Trinajstić information content (AvgIpc) is 2.63. The van der Waals surface area contributed by atoms with E-state index in [-0.39, 0.29) is 30.3 Å². The first-order valence-electron chi connectivity index (χ1n) is 8.24. The zero-order valence-corrected chi connectivity index (χ0v) is 14.6. The molecule has 0 heterocycles. The summed E-state index contributed by atoms with van der Waals surface area (Å²) >= 11 is 0. The molecule has 0 fully saturated rings. The SMILES string of the molecule is CCN(Cc1cccc(F)c1)C(=O)CNC(=O)c1cccc(OC(F)F)c1. The maximum atomic E-state index is 13.3. The van der Waals surface area contributed by atoms with Gasteiger partial charge in [0, 0.05) is 18.7 Å². The molecule has 0 aliphatic carbocycles. The maximum absolute atomic E-state index is 13.3. The molecule has 2 aromatic rings. The Kier molecular flexibility index (Phi) is 7.22. The quantitative estimate of drug-likeness (QED) is 0.765. The van der Waals surface area contributed by atoms with Crippen LogP contribution in [0.1, 0.15) is 22.8 Å². The van der Waals surface area contributed by atoms with Gasteiger partial charge in [-0.05, 0) is 42.8 Å². The van der Waals surface area contributed by atoms with E-state index in [0.717, 1.165) is 6.07 Å². The molecule has 2 amide bonds. The third-order valence-electron chi connectivity index (χ3n) is 3.72. The van der Waals surface area contributed by atoms with E-state index in [1.807, 2.05) is 0 Å². The standard InChI is InChI=1S/C19H19F3N2O3/c1-2-24(12-13-5-3-7-15(20)9-13)17(25)11-23-18(26)14-6-4-8-16(10-14)27-19(21)22/h3-10,19H,2,11-12H2,1H3,(H,23,26). The first-order chi connectivity index (χ1) is 12.9. The topological polar surface area (TPSA) is 58.6 Å². The van der Waals surface area contributed by atoms with E-state index in [9.17, 15) is 22.8 Å². The summed E-state index contributed by atoms with van der Waals surface area (Å²) in [5, 5.41) is 2.44. The van der Waals surface area contributed by atoms with Crippen molar-refractivity contribution in [2.45, 2.75) is 20.1 Å². The average molecular weight is 380 g/mol. The summed E-state index contributed by atoms with van der Waals surface area (Å²) in [6.07, 6.45) is 0. The fraction of sp³-hybridized carbons (Fsp3) is 0.263. The number of rotatable bonds is 8. The molecule has 0 saturated carbocycles. The molecule has 0 aliphatic rings. The Hall–Kier alpha value is -3.03. The molecule has 0 unspecified atom stereocenters. The lowest BCUT2D eigenvalue weighted by atomic mass is 10.2. The van der Waals surface area contributed by atoms with Crippen molar-refractivity contribution in [3.8, 4) is 5.75 Å². The van der Waals surface area contributed by atoms with E-state index in [4.69, 9.17) is 0 Å². The Morgan fingerprint density at radius 2 is 1.89 bits per heavy atom. The lowest BCUT2D eigenvalue weighted by Crippen LogP contribution is -2.39. The summed E-state index contributed by atoms with van der Waals surface area (Å²) in [6, 6.07) is 11.2. The Bertz CT molecular complexity index is 799. The number of hydrogen-bond donors (Lipinski definition) is 1. The second-order valence-electron chi connectivity index (χ2n) is 5.63. The molecule has 144 valence electrons. The highest BCUT2D eigenvalue weighted by molar-refractivity contribution is 5.96. The molecule has 2 rings (SSSR count). The van der Waals surface area contributed by atoms with Gasteiger partial charge in [-0.15, -0.1) is 0 Å². The first-order valence-corrected chi connectivity index (χ1v) is 8.24. The normalized spacial score (nSPS) is 10.6. The lowest BCUT2D eigenvalue weighted by molar-refractivity contribution is -0.130. The molecule has 2 aromatic carbocycles. The monoisotopic (exact) mass is 380 g/mol. The van der Waals surface area contributed by atoms with Gasteiger partial charge in [-0.25, -0.2) is 4.39 Å². The molecular formula is C19H19F3N2O3. The second-order valence-corrected chi connectivity index (χ2v) is 5.63. The van der Waals surface area contributed by atoms with Gasteiger partial charge in [0.25, 0.3) is 5.91 Å². The van der Waals surface area contributed by atoms with E-state index >= 15 is 0 Å². The van der Waals surface area contributed by atoms with Crippen LogP contribution in [0.2, 0.25) is 0 Å². The number of amides is 2. The molecule has 0 saturated heterocycles. The van der Waals surface area contributed by atoms with E-state index in [1.54, 1.807) is 19.1 Å². The number of halogens is 3. The minimum Gasteiger partial charge on any atom is -0.435 e. The molecule has 8 heteroatoms. The molecular weight excluding hydrogens is 361 g/mol. The smallest absolute Gasteiger partial charge is 0.387 e. The van der Waals surface area contributed by atoms with Crippen molar-refractivity contribution in [2.75, 3.05) is 13.1 Å². The van der Waals surface area contributed by atoms with Crippen molar-refractivity contribution in [1.82, 2.24) is 10.2 Å². The predicted octanol–water partition coefficient (Wildman–Crippen LogP) is 3.21. The summed E-state index contributed by atoms with van der Waals surface area (Å²) in [4.78, 5) is 25.9. The van der Waals surface area contributed by atoms with Crippen LogP contribution in [0.3, 0.4) is 0 Å². The molecule has 0 atom stereocenters. The third kappa shape index (κ3) is 6.32. The van der Waals surface area contributed by atoms with Crippen molar-refractivity contribution in [2.24, 2.45) is 0 Å². The van der Waals surface area contributed by atoms with E-state index in [2.05, 4.69) is 10.1 Å². The van der Waals surface area contributed by atoms with Gasteiger partial charge >= 0.3 is 6.61 Å². The number of benzene rings is 2. The number of hydrogen-bond acceptors (Lipinski definition) is 3. The number of carbonyl (C=O) groups excluding carboxylic acids is 2. The number of likely N-dealkylation sites (N-methyl/N-ethyl adjacent to an activating group) is 1. The molecule has 0 radical (unpaired) electrons. The van der Waals surface area contributed by atoms with Gasteiger partial charge in [0.15, 0.2) is 0 Å². The number of carbonyl (C=O) groups is 2. The van der Waals surface area contributed by atoms with E-state index in [1.165, 1.54) is 35.2 Å². The Balaban J connectivity index is 1.93. The Morgan fingerprint density at radius 1 is 1.15 bits per heavy atom. The summed E-state index contributed by atoms with van der Waals surface area (Å²) in [5.41, 5.74) is 0.725. The van der Waals surface area contributed by atoms with Crippen LogP contribution in [0, 0.1) is 5.82 Å². The molecule has 5 nitrogen and oxygen atoms in total. The Labute approximate surface area is 154 Å². The van der Waals surface area contributed by atoms with Crippen molar-refractivity contribution < 1.29 is 27.5 Å². The molecule has 1 N–H and O–H groups in total. The van der Waals surface area contributed by atoms with Gasteiger partial charge in [0.2, 0.25) is 5.91 Å². The minimum atomic E-state index is -2.99. The lowest BCUT2D eigenvalue weighted by Gasteiger charge is -2.21. The van der Waals surface area contributed by atoms with Crippen molar-refractivity contribution in [3.05, 3.63) is 65.5 Å². The zero-order valence-electron chi connectivity index (χ0n) is 14.6. The molecule has 0 bridgehead atoms. The fourth-order valence-corrected chi connectivity index (χ4v) is 2.42. The zero-order chi connectivity index (χ0) is 19.8. The van der Waals surface area contributed by atoms with Crippen LogP contribution in [0.25, 0.3) is 0 Å². The fourth-order valence-electron chi connectivity index (χ4n) is 2.42. The van der Waals surface area contributed by atoms with Crippen molar-refractivity contribution in [3.63, 3.8) is 0 Å². The van der Waals surface area contributed by atoms with Crippen molar-refractivity contribution in [1.29, 1.82) is 0 Å². The van der Waals surface area contributed by atoms with Crippen LogP contribution in [-0.4, -0.2) is 36.4 Å². The van der Waals surface area contributed by atoms with Crippen LogP contribution < -0.4 is 10.1 Å². The van der Waals surface area contributed by atoms with Gasteiger partial charge in [-0.1, -0.05) is 18.2 Å². The largest absolute Gasteiger partial charge is 0.435 e. The van der Waals surface area contributed by atoms with Crippen LogP contribution in [0.4, 0.5) is 13.2 Å². The van der Waals surface area contributed by atoms with Crippen LogP contribution in [0.5, 0.6) is 5.75 Å². The van der Waals surface area contributed by atoms with Gasteiger partial charge in [-0.2, -0.15) is 8.78 Å². The number of alkyl halides is 2. The molecule has 0 aromatic heterocycles. The highest BCUT2D eigenvalue weighted by Crippen LogP contribution is 2.16. The Morgan fingerprint density at radius 3 is 2.56 bits per heavy atom. The van der Waals surface area contributed by atoms with Crippen LogP contribution in [0.15, 0.2) is 48.5 Å². The van der Waals surface area contributed by atoms with E-state index < -0.39 is 18.3 Å². The maximum Gasteiger partial charge on any atom is 0.387 e. The van der Waals surface area contributed by atoms with Crippen molar-refractivity contribution >= 4 is 11.8 Å². The number of ether oxygens (including phenoxy) is 1. The van der Waals surface area contributed by atoms with Gasteiger partial charge in [-0.3, -0.25) is 9.59 Å². The van der Waals surface area contributed by atoms with Gasteiger partial charge < -0.3 is 15.0 Å². The summed E-state index contributed by atoms with van der Waals surface area (Å²) in [5.74, 6) is -1.49. The van der Waals surface area contributed by atoms with Crippen LogP contribution >= 0.6 is 0 Å². The molecule has 0 aliphatic heterocycles. The summed E-state index contributed by atoms with van der Waals surface area (Å²) < 4.78 is 42.0. The highest BCUT2D eigenvalue weighted by atomic mass is 19.3. The van der Waals surface area contributed by atoms with E-state index in [0.29, 0.717) is 12.1 Å². The van der Waals surface area contributed by atoms with Gasteiger partial charge in [0.1, 0.15) is 11.6 Å². The summed E-state index contributed by atoms with van der Waals surface area (Å²) in [6.45, 7) is -0.916. The number of nitrogens with zero attached hydrogens (tertiary/aromatic N) is 1. The second kappa shape index (κ2) is 9.61. The first kappa shape index (κ1) is 20.3. The molecule has 27 heavy (non-hydrogen) atoms. The van der Waals surface area contributed by atoms with Gasteiger partial charge in [0.05, 0.1) is 6.54 Å². The minimum absolute atomic E-state index is 0.0918.